The molecule has 13 nitrogen and oxygen atoms in total. The third-order valence-corrected chi connectivity index (χ3v) is 4.55. The molecule has 26 heavy (non-hydrogen) atoms. The van der Waals surface area contributed by atoms with Crippen LogP contribution in [0.2, 0.25) is 0 Å². The molecule has 140 valence electrons. The van der Waals surface area contributed by atoms with E-state index in [2.05, 4.69) is 25.2 Å². The molecule has 1 saturated heterocycles. The van der Waals surface area contributed by atoms with Gasteiger partial charge in [-0.2, -0.15) is 10.1 Å². The molecular weight excluding hydrogens is 371 g/mol. The van der Waals surface area contributed by atoms with Gasteiger partial charge in [0.2, 0.25) is 0 Å². The van der Waals surface area contributed by atoms with Gasteiger partial charge in [0.1, 0.15) is 42.9 Å². The van der Waals surface area contributed by atoms with Gasteiger partial charge in [0.15, 0.2) is 11.5 Å². The molecule has 0 saturated carbocycles. The van der Waals surface area contributed by atoms with E-state index in [0.717, 1.165) is 0 Å². The molecule has 0 unspecified atom stereocenters. The zero-order chi connectivity index (χ0) is 18.5. The highest BCUT2D eigenvalue weighted by Gasteiger charge is 2.45. The topological polar surface area (TPSA) is 185 Å². The molecule has 4 atom stereocenters. The number of hydrogen-bond acceptors (Lipinski definition) is 10. The van der Waals surface area contributed by atoms with Gasteiger partial charge < -0.3 is 29.5 Å². The van der Waals surface area contributed by atoms with Crippen molar-refractivity contribution in [3.05, 3.63) is 12.0 Å². The van der Waals surface area contributed by atoms with Gasteiger partial charge in [0.25, 0.3) is 5.95 Å². The van der Waals surface area contributed by atoms with Crippen molar-refractivity contribution in [1.82, 2.24) is 19.5 Å². The second kappa shape index (κ2) is 6.39. The maximum Gasteiger partial charge on any atom is 0.350 e. The minimum atomic E-state index is -4.33. The van der Waals surface area contributed by atoms with E-state index in [1.807, 2.05) is 0 Å². The largest absolute Gasteiger partial charge is 0.387 e. The Bertz CT molecular complexity index is 913. The average Bonchev–Trinajstić information content (AvgIpc) is 3.22. The number of azo groups is 1. The normalized spacial score (nSPS) is 28.2. The van der Waals surface area contributed by atoms with Crippen molar-refractivity contribution in [2.75, 3.05) is 13.0 Å². The summed E-state index contributed by atoms with van der Waals surface area (Å²) < 4.78 is 22.9. The molecule has 0 aromatic carbocycles. The summed E-state index contributed by atoms with van der Waals surface area (Å²) in [5, 5.41) is 28.0. The first-order chi connectivity index (χ1) is 12.3. The quantitative estimate of drug-likeness (QED) is 0.474. The van der Waals surface area contributed by atoms with Crippen LogP contribution in [0.4, 0.5) is 5.95 Å². The second-order valence-electron chi connectivity index (χ2n) is 5.90. The van der Waals surface area contributed by atoms with Crippen LogP contribution in [-0.2, 0) is 20.7 Å². The predicted octanol–water partition coefficient (Wildman–Crippen LogP) is -0.805. The molecular formula is C12H15N6O7P. The monoisotopic (exact) mass is 386 g/mol. The first kappa shape index (κ1) is 17.5. The van der Waals surface area contributed by atoms with Crippen LogP contribution < -0.4 is 0 Å². The van der Waals surface area contributed by atoms with E-state index >= 15 is 0 Å². The van der Waals surface area contributed by atoms with E-state index in [-0.39, 0.29) is 12.4 Å². The Morgan fingerprint density at radius 1 is 1.31 bits per heavy atom. The van der Waals surface area contributed by atoms with Crippen LogP contribution in [0.15, 0.2) is 16.4 Å². The molecule has 4 N–H and O–H groups in total. The van der Waals surface area contributed by atoms with Crippen LogP contribution in [0.5, 0.6) is 0 Å². The summed E-state index contributed by atoms with van der Waals surface area (Å²) in [7, 11) is -4.33. The fraction of sp³-hybridized carbons (Fsp3) is 0.583. The molecule has 0 spiro atoms. The number of aliphatic hydroxyl groups excluding tert-OH is 2. The summed E-state index contributed by atoms with van der Waals surface area (Å²) in [4.78, 5) is 30.2. The zero-order valence-electron chi connectivity index (χ0n) is 13.2. The summed E-state index contributed by atoms with van der Waals surface area (Å²) >= 11 is 0. The van der Waals surface area contributed by atoms with Gasteiger partial charge in [-0.15, -0.1) is 5.11 Å². The second-order valence-corrected chi connectivity index (χ2v) is 7.49. The molecule has 0 amide bonds. The lowest BCUT2D eigenvalue weighted by Crippen LogP contribution is -2.33. The number of hydrogen-bond donors (Lipinski definition) is 4. The summed E-state index contributed by atoms with van der Waals surface area (Å²) in [5.74, 6) is 0.526. The van der Waals surface area contributed by atoms with E-state index in [0.29, 0.717) is 23.8 Å². The van der Waals surface area contributed by atoms with Gasteiger partial charge in [0.05, 0.1) is 12.8 Å². The molecule has 4 heterocycles. The lowest BCUT2D eigenvalue weighted by molar-refractivity contribution is -0.0408. The van der Waals surface area contributed by atoms with Gasteiger partial charge in [0, 0.05) is 0 Å². The fourth-order valence-electron chi connectivity index (χ4n) is 2.81. The highest BCUT2D eigenvalue weighted by Crippen LogP contribution is 2.36. The third kappa shape index (κ3) is 3.14. The summed E-state index contributed by atoms with van der Waals surface area (Å²) in [6.07, 6.45) is -3.97. The Morgan fingerprint density at radius 3 is 2.88 bits per heavy atom. The van der Waals surface area contributed by atoms with Crippen molar-refractivity contribution >= 4 is 24.7 Å². The Kier molecular flexibility index (Phi) is 4.31. The Hall–Kier alpha value is -1.86. The molecule has 0 aliphatic carbocycles. The van der Waals surface area contributed by atoms with Crippen molar-refractivity contribution in [2.45, 2.75) is 31.1 Å². The van der Waals surface area contributed by atoms with Crippen molar-refractivity contribution < 1.29 is 34.0 Å². The Balaban J connectivity index is 1.51. The predicted molar refractivity (Wildman–Crippen MR) is 82.3 cm³/mol. The number of ether oxygens (including phenoxy) is 2. The lowest BCUT2D eigenvalue weighted by atomic mass is 10.1. The van der Waals surface area contributed by atoms with Crippen molar-refractivity contribution in [2.24, 2.45) is 10.2 Å². The molecule has 14 heteroatoms. The summed E-state index contributed by atoms with van der Waals surface area (Å²) in [6.45, 7) is 0.0238. The maximum atomic E-state index is 10.8. The van der Waals surface area contributed by atoms with Gasteiger partial charge in [-0.1, -0.05) is 0 Å². The highest BCUT2D eigenvalue weighted by atomic mass is 31.2. The highest BCUT2D eigenvalue weighted by molar-refractivity contribution is 7.51. The van der Waals surface area contributed by atoms with E-state index in [1.165, 1.54) is 6.20 Å². The number of aliphatic hydroxyl groups is 2. The molecule has 2 aromatic rings. The van der Waals surface area contributed by atoms with Gasteiger partial charge >= 0.3 is 7.60 Å². The van der Waals surface area contributed by atoms with Crippen molar-refractivity contribution in [3.8, 4) is 0 Å². The van der Waals surface area contributed by atoms with E-state index in [9.17, 15) is 14.8 Å². The fourth-order valence-corrected chi connectivity index (χ4v) is 3.16. The van der Waals surface area contributed by atoms with E-state index in [4.69, 9.17) is 19.3 Å². The molecule has 2 aromatic heterocycles. The number of nitrogens with zero attached hydrogens (tertiary/aromatic N) is 6. The van der Waals surface area contributed by atoms with Gasteiger partial charge in [-0.25, -0.2) is 9.97 Å². The number of fused-ring (bicyclic) bond motifs is 3. The van der Waals surface area contributed by atoms with Crippen LogP contribution >= 0.6 is 7.60 Å². The maximum absolute atomic E-state index is 10.8. The summed E-state index contributed by atoms with van der Waals surface area (Å²) in [6, 6.07) is 0. The SMILES string of the molecule is O=P(O)(O)COC[C@H]1O[C@H](c2ncc3c(n2)nc2n3CN=N2)[C@H](O)[C@@H]1O. The van der Waals surface area contributed by atoms with Crippen LogP contribution in [0.1, 0.15) is 11.9 Å². The average molecular weight is 386 g/mol. The molecule has 0 bridgehead atoms. The molecule has 2 aliphatic rings. The number of rotatable bonds is 5. The zero-order valence-corrected chi connectivity index (χ0v) is 14.0. The molecule has 1 fully saturated rings. The summed E-state index contributed by atoms with van der Waals surface area (Å²) in [5.41, 5.74) is 0.985. The van der Waals surface area contributed by atoms with Crippen LogP contribution in [0.3, 0.4) is 0 Å². The van der Waals surface area contributed by atoms with E-state index < -0.39 is 38.4 Å². The number of aromatic nitrogens is 4. The van der Waals surface area contributed by atoms with Crippen LogP contribution in [-0.4, -0.2) is 70.8 Å². The van der Waals surface area contributed by atoms with Gasteiger partial charge in [-0.3, -0.25) is 9.13 Å². The Morgan fingerprint density at radius 2 is 2.12 bits per heavy atom. The molecule has 4 rings (SSSR count). The minimum absolute atomic E-state index is 0.121. The molecule has 2 aliphatic heterocycles. The lowest BCUT2D eigenvalue weighted by Gasteiger charge is -2.14. The third-order valence-electron chi connectivity index (χ3n) is 4.03. The van der Waals surface area contributed by atoms with Crippen LogP contribution in [0.25, 0.3) is 11.2 Å². The van der Waals surface area contributed by atoms with Crippen molar-refractivity contribution in [3.63, 3.8) is 0 Å². The van der Waals surface area contributed by atoms with E-state index in [1.54, 1.807) is 4.57 Å². The minimum Gasteiger partial charge on any atom is -0.387 e. The Labute approximate surface area is 145 Å². The molecule has 0 radical (unpaired) electrons. The first-order valence-corrected chi connectivity index (χ1v) is 9.38. The number of imidazole rings is 1. The van der Waals surface area contributed by atoms with Crippen LogP contribution in [0, 0.1) is 0 Å². The van der Waals surface area contributed by atoms with Gasteiger partial charge in [-0.05, 0) is 0 Å². The smallest absolute Gasteiger partial charge is 0.350 e. The standard InChI is InChI=1S/C12H15N6O7P/c19-7-6(2-24-4-26(21,22)23)25-9(8(7)20)11-13-1-5-10(15-11)16-12-17-14-3-18(5)12/h1,6-9,19-20H,2-4H2,(H2,21,22,23)/t6-,7-,8-,9+/m1/s1. The van der Waals surface area contributed by atoms with Crippen molar-refractivity contribution in [1.29, 1.82) is 0 Å². The first-order valence-electron chi connectivity index (χ1n) is 7.58.